The molecule has 90 valence electrons. The fourth-order valence-electron chi connectivity index (χ4n) is 1.41. The zero-order valence-corrected chi connectivity index (χ0v) is 11.1. The Morgan fingerprint density at radius 2 is 1.88 bits per heavy atom. The summed E-state index contributed by atoms with van der Waals surface area (Å²) in [5, 5.41) is 0.993. The number of nitrogens with one attached hydrogen (secondary N) is 1. The molecular formula is C11H12N2O2S2. The summed E-state index contributed by atoms with van der Waals surface area (Å²) in [5.74, 6) is 0. The van der Waals surface area contributed by atoms with Crippen LogP contribution in [0.2, 0.25) is 0 Å². The van der Waals surface area contributed by atoms with Crippen molar-refractivity contribution in [1.82, 2.24) is 9.71 Å². The standard InChI is InChI=1S/C11H12N2O2S2/c1-8-13-7-11(16-8)9-3-5-10(6-4-9)17(14,15)12-2/h3-7,12H,1-2H3. The second kappa shape index (κ2) is 4.56. The predicted molar refractivity (Wildman–Crippen MR) is 68.5 cm³/mol. The maximum absolute atomic E-state index is 11.5. The molecule has 0 radical (unpaired) electrons. The molecule has 0 aliphatic rings. The Labute approximate surface area is 104 Å². The maximum Gasteiger partial charge on any atom is 0.240 e. The van der Waals surface area contributed by atoms with Gasteiger partial charge in [0.25, 0.3) is 0 Å². The van der Waals surface area contributed by atoms with Crippen LogP contribution in [0.1, 0.15) is 5.01 Å². The molecule has 1 aromatic carbocycles. The minimum absolute atomic E-state index is 0.269. The minimum atomic E-state index is -3.35. The van der Waals surface area contributed by atoms with E-state index in [1.165, 1.54) is 7.05 Å². The fourth-order valence-corrected chi connectivity index (χ4v) is 2.92. The summed E-state index contributed by atoms with van der Waals surface area (Å²) in [6, 6.07) is 6.76. The molecule has 0 amide bonds. The monoisotopic (exact) mass is 268 g/mol. The first kappa shape index (κ1) is 12.2. The molecule has 0 aliphatic carbocycles. The molecule has 0 bridgehead atoms. The van der Waals surface area contributed by atoms with Crippen LogP contribution in [0.3, 0.4) is 0 Å². The van der Waals surface area contributed by atoms with Crippen LogP contribution in [-0.4, -0.2) is 20.4 Å². The van der Waals surface area contributed by atoms with Crippen molar-refractivity contribution in [2.75, 3.05) is 7.05 Å². The Balaban J connectivity index is 2.37. The summed E-state index contributed by atoms with van der Waals surface area (Å²) >= 11 is 1.58. The molecular weight excluding hydrogens is 256 g/mol. The van der Waals surface area contributed by atoms with E-state index in [9.17, 15) is 8.42 Å². The molecule has 0 spiro atoms. The van der Waals surface area contributed by atoms with Gasteiger partial charge in [0.15, 0.2) is 0 Å². The third-order valence-corrected chi connectivity index (χ3v) is 4.73. The summed E-state index contributed by atoms with van der Waals surface area (Å²) < 4.78 is 25.3. The van der Waals surface area contributed by atoms with Gasteiger partial charge in [-0.3, -0.25) is 0 Å². The van der Waals surface area contributed by atoms with E-state index in [0.29, 0.717) is 0 Å². The van der Waals surface area contributed by atoms with Gasteiger partial charge in [0.2, 0.25) is 10.0 Å². The van der Waals surface area contributed by atoms with E-state index < -0.39 is 10.0 Å². The van der Waals surface area contributed by atoms with Crippen LogP contribution in [0.15, 0.2) is 35.4 Å². The second-order valence-electron chi connectivity index (χ2n) is 3.48. The molecule has 0 atom stereocenters. The van der Waals surface area contributed by atoms with Gasteiger partial charge in [0.05, 0.1) is 14.8 Å². The summed E-state index contributed by atoms with van der Waals surface area (Å²) in [5.41, 5.74) is 0.977. The molecule has 4 nitrogen and oxygen atoms in total. The molecule has 0 saturated heterocycles. The summed E-state index contributed by atoms with van der Waals surface area (Å²) in [6.07, 6.45) is 1.79. The van der Waals surface area contributed by atoms with Gasteiger partial charge in [0, 0.05) is 6.20 Å². The van der Waals surface area contributed by atoms with Crippen LogP contribution < -0.4 is 4.72 Å². The smallest absolute Gasteiger partial charge is 0.240 e. The lowest BCUT2D eigenvalue weighted by Crippen LogP contribution is -2.18. The quantitative estimate of drug-likeness (QED) is 0.926. The summed E-state index contributed by atoms with van der Waals surface area (Å²) in [6.45, 7) is 1.94. The van der Waals surface area contributed by atoms with Crippen LogP contribution >= 0.6 is 11.3 Å². The van der Waals surface area contributed by atoms with Crippen molar-refractivity contribution in [2.45, 2.75) is 11.8 Å². The number of nitrogens with zero attached hydrogens (tertiary/aromatic N) is 1. The lowest BCUT2D eigenvalue weighted by atomic mass is 10.2. The molecule has 2 aromatic rings. The molecule has 0 unspecified atom stereocenters. The van der Waals surface area contributed by atoms with Gasteiger partial charge in [-0.05, 0) is 31.7 Å². The topological polar surface area (TPSA) is 59.1 Å². The van der Waals surface area contributed by atoms with E-state index in [1.807, 2.05) is 6.92 Å². The normalized spacial score (nSPS) is 11.6. The van der Waals surface area contributed by atoms with Gasteiger partial charge in [-0.25, -0.2) is 18.1 Å². The lowest BCUT2D eigenvalue weighted by Gasteiger charge is -2.03. The number of aryl methyl sites for hydroxylation is 1. The highest BCUT2D eigenvalue weighted by atomic mass is 32.2. The van der Waals surface area contributed by atoms with Crippen molar-refractivity contribution in [3.63, 3.8) is 0 Å². The molecule has 17 heavy (non-hydrogen) atoms. The molecule has 0 fully saturated rings. The third-order valence-electron chi connectivity index (χ3n) is 2.34. The van der Waals surface area contributed by atoms with Crippen molar-refractivity contribution in [3.8, 4) is 10.4 Å². The van der Waals surface area contributed by atoms with E-state index in [-0.39, 0.29) is 4.90 Å². The first-order valence-electron chi connectivity index (χ1n) is 4.99. The minimum Gasteiger partial charge on any atom is -0.249 e. The van der Waals surface area contributed by atoms with Crippen LogP contribution in [0.4, 0.5) is 0 Å². The van der Waals surface area contributed by atoms with E-state index in [4.69, 9.17) is 0 Å². The number of thiazole rings is 1. The van der Waals surface area contributed by atoms with Gasteiger partial charge < -0.3 is 0 Å². The van der Waals surface area contributed by atoms with E-state index in [1.54, 1.807) is 41.8 Å². The molecule has 0 aliphatic heterocycles. The summed E-state index contributed by atoms with van der Waals surface area (Å²) in [7, 11) is -1.96. The predicted octanol–water partition coefficient (Wildman–Crippen LogP) is 2.03. The zero-order valence-electron chi connectivity index (χ0n) is 9.47. The van der Waals surface area contributed by atoms with Crippen molar-refractivity contribution in [2.24, 2.45) is 0 Å². The molecule has 1 aromatic heterocycles. The Morgan fingerprint density at radius 3 is 2.35 bits per heavy atom. The number of sulfonamides is 1. The van der Waals surface area contributed by atoms with Gasteiger partial charge in [-0.15, -0.1) is 11.3 Å². The van der Waals surface area contributed by atoms with Crippen LogP contribution in [0.25, 0.3) is 10.4 Å². The maximum atomic E-state index is 11.5. The van der Waals surface area contributed by atoms with Crippen LogP contribution in [-0.2, 0) is 10.0 Å². The average molecular weight is 268 g/mol. The fraction of sp³-hybridized carbons (Fsp3) is 0.182. The molecule has 1 N–H and O–H groups in total. The van der Waals surface area contributed by atoms with Gasteiger partial charge in [-0.2, -0.15) is 0 Å². The van der Waals surface area contributed by atoms with Gasteiger partial charge >= 0.3 is 0 Å². The van der Waals surface area contributed by atoms with Crippen molar-refractivity contribution in [1.29, 1.82) is 0 Å². The number of aromatic nitrogens is 1. The zero-order chi connectivity index (χ0) is 12.5. The Hall–Kier alpha value is -1.24. The van der Waals surface area contributed by atoms with Crippen LogP contribution in [0, 0.1) is 6.92 Å². The van der Waals surface area contributed by atoms with Crippen molar-refractivity contribution < 1.29 is 8.42 Å². The molecule has 2 rings (SSSR count). The highest BCUT2D eigenvalue weighted by molar-refractivity contribution is 7.89. The molecule has 0 saturated carbocycles. The third kappa shape index (κ3) is 2.54. The SMILES string of the molecule is CNS(=O)(=O)c1ccc(-c2cnc(C)s2)cc1. The highest BCUT2D eigenvalue weighted by Crippen LogP contribution is 2.26. The lowest BCUT2D eigenvalue weighted by molar-refractivity contribution is 0.588. The van der Waals surface area contributed by atoms with Crippen LogP contribution in [0.5, 0.6) is 0 Å². The first-order chi connectivity index (χ1) is 8.03. The van der Waals surface area contributed by atoms with Gasteiger partial charge in [-0.1, -0.05) is 12.1 Å². The van der Waals surface area contributed by atoms with E-state index >= 15 is 0 Å². The van der Waals surface area contributed by atoms with E-state index in [2.05, 4.69) is 9.71 Å². The number of hydrogen-bond acceptors (Lipinski definition) is 4. The van der Waals surface area contributed by atoms with Gasteiger partial charge in [0.1, 0.15) is 0 Å². The molecule has 1 heterocycles. The average Bonchev–Trinajstić information content (AvgIpc) is 2.76. The van der Waals surface area contributed by atoms with E-state index in [0.717, 1.165) is 15.4 Å². The van der Waals surface area contributed by atoms with Crippen molar-refractivity contribution >= 4 is 21.4 Å². The second-order valence-corrected chi connectivity index (χ2v) is 6.60. The first-order valence-corrected chi connectivity index (χ1v) is 7.29. The number of hydrogen-bond donors (Lipinski definition) is 1. The Kier molecular flexibility index (Phi) is 3.28. The Bertz CT molecular complexity index is 615. The number of benzene rings is 1. The van der Waals surface area contributed by atoms with Crippen molar-refractivity contribution in [3.05, 3.63) is 35.5 Å². The highest BCUT2D eigenvalue weighted by Gasteiger charge is 2.11. The summed E-state index contributed by atoms with van der Waals surface area (Å²) in [4.78, 5) is 5.47. The number of rotatable bonds is 3. The molecule has 6 heteroatoms. The largest absolute Gasteiger partial charge is 0.249 e. The Morgan fingerprint density at radius 1 is 1.24 bits per heavy atom.